The number of carbonyl (C=O) groups excluding carboxylic acids is 2. The molecule has 0 aromatic heterocycles. The molecule has 8 nitrogen and oxygen atoms in total. The fourth-order valence-corrected chi connectivity index (χ4v) is 2.84. The summed E-state index contributed by atoms with van der Waals surface area (Å²) in [7, 11) is 0. The number of imide groups is 1. The van der Waals surface area contributed by atoms with Gasteiger partial charge in [0, 0.05) is 6.07 Å². The van der Waals surface area contributed by atoms with E-state index in [1.54, 1.807) is 37.3 Å². The maximum atomic E-state index is 12.7. The molecule has 0 radical (unpaired) electrons. The maximum absolute atomic E-state index is 12.7. The first-order chi connectivity index (χ1) is 12.4. The summed E-state index contributed by atoms with van der Waals surface area (Å²) < 4.78 is 5.42. The average molecular weight is 355 g/mol. The molecule has 1 saturated heterocycles. The van der Waals surface area contributed by atoms with E-state index < -0.39 is 16.5 Å². The quantitative estimate of drug-likeness (QED) is 0.487. The number of hydrogen-bond donors (Lipinski definition) is 1. The Labute approximate surface area is 149 Å². The van der Waals surface area contributed by atoms with Crippen LogP contribution in [-0.4, -0.2) is 34.9 Å². The Balaban J connectivity index is 1.69. The van der Waals surface area contributed by atoms with Gasteiger partial charge in [-0.1, -0.05) is 42.5 Å². The lowest BCUT2D eigenvalue weighted by molar-refractivity contribution is -0.385. The number of benzene rings is 2. The van der Waals surface area contributed by atoms with Gasteiger partial charge < -0.3 is 10.1 Å². The maximum Gasteiger partial charge on any atom is 0.325 e. The number of para-hydroxylation sites is 2. The predicted molar refractivity (Wildman–Crippen MR) is 92.6 cm³/mol. The normalized spacial score (nSPS) is 19.3. The molecule has 2 aromatic carbocycles. The first-order valence-electron chi connectivity index (χ1n) is 7.99. The van der Waals surface area contributed by atoms with Crippen molar-refractivity contribution in [2.75, 3.05) is 13.2 Å². The molecule has 1 N–H and O–H groups in total. The van der Waals surface area contributed by atoms with Crippen LogP contribution in [0.15, 0.2) is 54.6 Å². The van der Waals surface area contributed by atoms with E-state index in [9.17, 15) is 19.7 Å². The highest BCUT2D eigenvalue weighted by atomic mass is 16.6. The molecule has 0 aliphatic carbocycles. The number of amides is 3. The van der Waals surface area contributed by atoms with Crippen molar-refractivity contribution in [3.63, 3.8) is 0 Å². The molecule has 1 fully saturated rings. The zero-order chi connectivity index (χ0) is 18.7. The van der Waals surface area contributed by atoms with E-state index in [0.717, 1.165) is 4.90 Å². The summed E-state index contributed by atoms with van der Waals surface area (Å²) in [5, 5.41) is 13.7. The van der Waals surface area contributed by atoms with Crippen molar-refractivity contribution in [2.45, 2.75) is 12.5 Å². The lowest BCUT2D eigenvalue weighted by Gasteiger charge is -2.22. The Kier molecular flexibility index (Phi) is 4.57. The van der Waals surface area contributed by atoms with Crippen molar-refractivity contribution in [2.24, 2.45) is 0 Å². The summed E-state index contributed by atoms with van der Waals surface area (Å²) in [6, 6.07) is 14.4. The summed E-state index contributed by atoms with van der Waals surface area (Å²) in [6.45, 7) is 1.58. The van der Waals surface area contributed by atoms with E-state index in [1.807, 2.05) is 6.07 Å². The molecule has 134 valence electrons. The van der Waals surface area contributed by atoms with Gasteiger partial charge in [0.1, 0.15) is 12.1 Å². The minimum Gasteiger partial charge on any atom is -0.485 e. The molecule has 0 saturated carbocycles. The Hall–Kier alpha value is -3.42. The van der Waals surface area contributed by atoms with Crippen molar-refractivity contribution >= 4 is 17.6 Å². The smallest absolute Gasteiger partial charge is 0.325 e. The van der Waals surface area contributed by atoms with E-state index in [2.05, 4.69) is 5.32 Å². The average Bonchev–Trinajstić information content (AvgIpc) is 2.86. The van der Waals surface area contributed by atoms with Crippen LogP contribution >= 0.6 is 0 Å². The number of nitrogens with zero attached hydrogens (tertiary/aromatic N) is 2. The SMILES string of the molecule is CC1(c2ccccc2)NC(=O)N(CCOc2ccccc2[N+](=O)[O-])C1=O. The van der Waals surface area contributed by atoms with Crippen LogP contribution < -0.4 is 10.1 Å². The van der Waals surface area contributed by atoms with E-state index in [4.69, 9.17) is 4.74 Å². The summed E-state index contributed by atoms with van der Waals surface area (Å²) in [5.74, 6) is -0.296. The first-order valence-corrected chi connectivity index (χ1v) is 7.99. The van der Waals surface area contributed by atoms with Crippen molar-refractivity contribution in [3.8, 4) is 5.75 Å². The third-order valence-electron chi connectivity index (χ3n) is 4.26. The van der Waals surface area contributed by atoms with Gasteiger partial charge in [-0.25, -0.2) is 4.79 Å². The van der Waals surface area contributed by atoms with Gasteiger partial charge in [-0.3, -0.25) is 19.8 Å². The van der Waals surface area contributed by atoms with Gasteiger partial charge in [-0.05, 0) is 18.6 Å². The van der Waals surface area contributed by atoms with E-state index in [1.165, 1.54) is 18.2 Å². The Morgan fingerprint density at radius 3 is 2.46 bits per heavy atom. The predicted octanol–water partition coefficient (Wildman–Crippen LogP) is 2.44. The second kappa shape index (κ2) is 6.83. The largest absolute Gasteiger partial charge is 0.485 e. The van der Waals surface area contributed by atoms with Crippen LogP contribution in [-0.2, 0) is 10.3 Å². The highest BCUT2D eigenvalue weighted by Gasteiger charge is 2.48. The van der Waals surface area contributed by atoms with E-state index >= 15 is 0 Å². The van der Waals surface area contributed by atoms with Crippen LogP contribution in [0.1, 0.15) is 12.5 Å². The molecule has 3 rings (SSSR count). The molecule has 1 heterocycles. The Morgan fingerprint density at radius 2 is 1.77 bits per heavy atom. The zero-order valence-corrected chi connectivity index (χ0v) is 14.0. The van der Waals surface area contributed by atoms with Crippen LogP contribution in [0.3, 0.4) is 0 Å². The van der Waals surface area contributed by atoms with Gasteiger partial charge >= 0.3 is 11.7 Å². The van der Waals surface area contributed by atoms with Crippen LogP contribution in [0.2, 0.25) is 0 Å². The summed E-state index contributed by atoms with van der Waals surface area (Å²) >= 11 is 0. The molecule has 1 unspecified atom stereocenters. The lowest BCUT2D eigenvalue weighted by atomic mass is 9.92. The number of carbonyl (C=O) groups is 2. The van der Waals surface area contributed by atoms with Gasteiger partial charge in [0.15, 0.2) is 5.75 Å². The number of rotatable bonds is 6. The van der Waals surface area contributed by atoms with Gasteiger partial charge in [0.05, 0.1) is 11.5 Å². The van der Waals surface area contributed by atoms with Gasteiger partial charge in [-0.2, -0.15) is 0 Å². The van der Waals surface area contributed by atoms with Crippen molar-refractivity contribution in [3.05, 3.63) is 70.3 Å². The highest BCUT2D eigenvalue weighted by Crippen LogP contribution is 2.29. The topological polar surface area (TPSA) is 102 Å². The van der Waals surface area contributed by atoms with Crippen LogP contribution in [0.25, 0.3) is 0 Å². The molecule has 3 amide bonds. The minimum absolute atomic E-state index is 0.0147. The third-order valence-corrected chi connectivity index (χ3v) is 4.26. The zero-order valence-electron chi connectivity index (χ0n) is 14.0. The molecular formula is C18H17N3O5. The van der Waals surface area contributed by atoms with Crippen LogP contribution in [0.4, 0.5) is 10.5 Å². The number of ether oxygens (including phenoxy) is 1. The van der Waals surface area contributed by atoms with Crippen molar-refractivity contribution in [1.82, 2.24) is 10.2 Å². The molecular weight excluding hydrogens is 338 g/mol. The lowest BCUT2D eigenvalue weighted by Crippen LogP contribution is -2.41. The monoisotopic (exact) mass is 355 g/mol. The van der Waals surface area contributed by atoms with Gasteiger partial charge in [0.25, 0.3) is 5.91 Å². The number of hydrogen-bond acceptors (Lipinski definition) is 5. The molecule has 8 heteroatoms. The molecule has 2 aromatic rings. The Morgan fingerprint density at radius 1 is 1.12 bits per heavy atom. The minimum atomic E-state index is -1.14. The molecule has 1 atom stereocenters. The number of nitro benzene ring substituents is 1. The van der Waals surface area contributed by atoms with Crippen molar-refractivity contribution < 1.29 is 19.2 Å². The highest BCUT2D eigenvalue weighted by molar-refractivity contribution is 6.07. The summed E-state index contributed by atoms with van der Waals surface area (Å²) in [6.07, 6.45) is 0. The molecule has 0 spiro atoms. The fourth-order valence-electron chi connectivity index (χ4n) is 2.84. The van der Waals surface area contributed by atoms with Gasteiger partial charge in [-0.15, -0.1) is 0 Å². The van der Waals surface area contributed by atoms with Gasteiger partial charge in [0.2, 0.25) is 0 Å². The fraction of sp³-hybridized carbons (Fsp3) is 0.222. The summed E-state index contributed by atoms with van der Waals surface area (Å²) in [5.41, 5.74) is -0.629. The van der Waals surface area contributed by atoms with Crippen molar-refractivity contribution in [1.29, 1.82) is 0 Å². The first kappa shape index (κ1) is 17.4. The number of nitro groups is 1. The number of urea groups is 1. The standard InChI is InChI=1S/C18H17N3O5/c1-18(13-7-3-2-4-8-13)16(22)20(17(23)19-18)11-12-26-15-10-6-5-9-14(15)21(24)25/h2-10H,11-12H2,1H3,(H,19,23). The second-order valence-corrected chi connectivity index (χ2v) is 5.95. The molecule has 0 bridgehead atoms. The van der Waals surface area contributed by atoms with Crippen LogP contribution in [0, 0.1) is 10.1 Å². The molecule has 26 heavy (non-hydrogen) atoms. The van der Waals surface area contributed by atoms with Crippen LogP contribution in [0.5, 0.6) is 5.75 Å². The molecule has 1 aliphatic heterocycles. The number of nitrogens with one attached hydrogen (secondary N) is 1. The Bertz CT molecular complexity index is 855. The van der Waals surface area contributed by atoms with E-state index in [-0.39, 0.29) is 30.5 Å². The third kappa shape index (κ3) is 3.08. The summed E-state index contributed by atoms with van der Waals surface area (Å²) in [4.78, 5) is 36.5. The van der Waals surface area contributed by atoms with E-state index in [0.29, 0.717) is 5.56 Å². The second-order valence-electron chi connectivity index (χ2n) is 5.95. The molecule has 1 aliphatic rings.